The average Bonchev–Trinajstić information content (AvgIpc) is 3.38. The van der Waals surface area contributed by atoms with Crippen LogP contribution in [0.1, 0.15) is 25.8 Å². The third-order valence-electron chi connectivity index (χ3n) is 7.36. The minimum atomic E-state index is -0.572. The summed E-state index contributed by atoms with van der Waals surface area (Å²) in [4.78, 5) is 30.5. The molecule has 5 rings (SSSR count). The number of nitrogens with one attached hydrogen (secondary N) is 5. The summed E-state index contributed by atoms with van der Waals surface area (Å²) in [7, 11) is 2.10. The minimum Gasteiger partial charge on any atom is -0.357 e. The number of rotatable bonds is 9. The van der Waals surface area contributed by atoms with Crippen LogP contribution in [-0.4, -0.2) is 83.2 Å². The smallest absolute Gasteiger partial charge is 0.242 e. The number of carbonyl (C=O) groups is 1. The summed E-state index contributed by atoms with van der Waals surface area (Å²) in [6.45, 7) is 7.64. The highest BCUT2D eigenvalue weighted by atomic mass is 32.2. The predicted octanol–water partition coefficient (Wildman–Crippen LogP) is 4.05. The van der Waals surface area contributed by atoms with E-state index in [1.54, 1.807) is 24.4 Å². The number of aliphatic imine (C=N–C) groups is 1. The van der Waals surface area contributed by atoms with Crippen LogP contribution in [0.5, 0.6) is 0 Å². The fourth-order valence-electron chi connectivity index (χ4n) is 5.16. The van der Waals surface area contributed by atoms with Gasteiger partial charge in [-0.05, 0) is 44.2 Å². The molecule has 2 aliphatic rings. The van der Waals surface area contributed by atoms with Crippen molar-refractivity contribution in [1.82, 2.24) is 25.1 Å². The maximum absolute atomic E-state index is 15.0. The summed E-state index contributed by atoms with van der Waals surface area (Å²) in [6.07, 6.45) is 7.43. The first-order valence-corrected chi connectivity index (χ1v) is 14.7. The second kappa shape index (κ2) is 12.3. The maximum Gasteiger partial charge on any atom is 0.242 e. The molecule has 12 heteroatoms. The van der Waals surface area contributed by atoms with Gasteiger partial charge in [0.25, 0.3) is 0 Å². The highest BCUT2D eigenvalue weighted by Gasteiger charge is 2.28. The first kappa shape index (κ1) is 27.9. The number of carbonyl (C=O) groups excluding carboxylic acids is 1. The zero-order chi connectivity index (χ0) is 28.2. The number of pyridine rings is 1. The van der Waals surface area contributed by atoms with Crippen molar-refractivity contribution < 1.29 is 9.18 Å². The molecule has 5 N–H and O–H groups in total. The van der Waals surface area contributed by atoms with Crippen LogP contribution in [0.3, 0.4) is 0 Å². The number of fused-ring (bicyclic) bond motifs is 1. The van der Waals surface area contributed by atoms with Gasteiger partial charge in [0.1, 0.15) is 0 Å². The molecule has 1 amide bonds. The van der Waals surface area contributed by atoms with Gasteiger partial charge in [0.05, 0.1) is 28.6 Å². The van der Waals surface area contributed by atoms with Crippen molar-refractivity contribution in [1.29, 1.82) is 0 Å². The standard InChI is InChI=1S/C28H36FN9OS/c1-5-22(38-13-11-37(3)12-14-38)27(39)35-26-25-18(9-10-30-26)19(16-31-25)24-17(2)15-32-28(34-24)33-20-7-6-8-21(23(20)29)36-40-4/h6-10,15-16,22,28,31-33,36H,5,11-14H2,1-4H3,(H,30,35,39). The summed E-state index contributed by atoms with van der Waals surface area (Å²) in [5, 5.41) is 10.3. The summed E-state index contributed by atoms with van der Waals surface area (Å²) in [5.74, 6) is 0.0671. The van der Waals surface area contributed by atoms with Gasteiger partial charge in [-0.2, -0.15) is 0 Å². The van der Waals surface area contributed by atoms with Gasteiger partial charge in [0.15, 0.2) is 17.9 Å². The molecule has 3 aromatic rings. The van der Waals surface area contributed by atoms with E-state index in [-0.39, 0.29) is 17.8 Å². The van der Waals surface area contributed by atoms with Crippen molar-refractivity contribution in [3.8, 4) is 0 Å². The van der Waals surface area contributed by atoms with Crippen LogP contribution in [0, 0.1) is 5.82 Å². The number of H-pyrrole nitrogens is 1. The van der Waals surface area contributed by atoms with E-state index in [2.05, 4.69) is 47.5 Å². The van der Waals surface area contributed by atoms with E-state index in [4.69, 9.17) is 4.99 Å². The van der Waals surface area contributed by atoms with Gasteiger partial charge in [-0.25, -0.2) is 14.4 Å². The SMILES string of the molecule is CCC(C(=O)Nc1nccc2c(C3=NC(Nc4cccc(NSC)c4F)NC=C3C)c[nH]c12)N1CCN(C)CC1. The number of benzene rings is 1. The highest BCUT2D eigenvalue weighted by Crippen LogP contribution is 2.29. The first-order valence-electron chi connectivity index (χ1n) is 13.4. The van der Waals surface area contributed by atoms with Gasteiger partial charge in [0.2, 0.25) is 5.91 Å². The van der Waals surface area contributed by atoms with Crippen LogP contribution in [0.25, 0.3) is 10.9 Å². The second-order valence-electron chi connectivity index (χ2n) is 10.0. The maximum atomic E-state index is 15.0. The van der Waals surface area contributed by atoms with Crippen LogP contribution < -0.4 is 20.7 Å². The zero-order valence-corrected chi connectivity index (χ0v) is 24.0. The number of hydrogen-bond donors (Lipinski definition) is 5. The molecule has 0 saturated carbocycles. The van der Waals surface area contributed by atoms with Crippen molar-refractivity contribution in [2.45, 2.75) is 32.6 Å². The molecule has 0 radical (unpaired) electrons. The van der Waals surface area contributed by atoms with Gasteiger partial charge >= 0.3 is 0 Å². The molecule has 0 bridgehead atoms. The van der Waals surface area contributed by atoms with Crippen LogP contribution in [-0.2, 0) is 4.79 Å². The van der Waals surface area contributed by atoms with Crippen molar-refractivity contribution in [3.63, 3.8) is 0 Å². The molecule has 1 aromatic carbocycles. The normalized spacial score (nSPS) is 19.0. The van der Waals surface area contributed by atoms with E-state index in [1.807, 2.05) is 38.6 Å². The molecular weight excluding hydrogens is 529 g/mol. The Labute approximate surface area is 238 Å². The van der Waals surface area contributed by atoms with E-state index in [0.717, 1.165) is 60.4 Å². The van der Waals surface area contributed by atoms with Crippen molar-refractivity contribution in [2.75, 3.05) is 54.8 Å². The Bertz CT molecular complexity index is 1430. The van der Waals surface area contributed by atoms with Crippen LogP contribution in [0.15, 0.2) is 53.4 Å². The third-order valence-corrected chi connectivity index (χ3v) is 7.78. The minimum absolute atomic E-state index is 0.0528. The van der Waals surface area contributed by atoms with Gasteiger partial charge < -0.3 is 30.6 Å². The Kier molecular flexibility index (Phi) is 8.57. The van der Waals surface area contributed by atoms with E-state index in [0.29, 0.717) is 17.2 Å². The number of halogens is 1. The Hall–Kier alpha value is -3.61. The van der Waals surface area contributed by atoms with Crippen LogP contribution in [0.4, 0.5) is 21.6 Å². The fraction of sp³-hybridized carbons (Fsp3) is 0.393. The number of piperazine rings is 1. The Morgan fingerprint density at radius 2 is 2.00 bits per heavy atom. The Morgan fingerprint density at radius 3 is 2.75 bits per heavy atom. The largest absolute Gasteiger partial charge is 0.357 e. The van der Waals surface area contributed by atoms with E-state index in [1.165, 1.54) is 11.9 Å². The summed E-state index contributed by atoms with van der Waals surface area (Å²) in [5.41, 5.74) is 4.04. The average molecular weight is 566 g/mol. The van der Waals surface area contributed by atoms with Crippen molar-refractivity contribution in [3.05, 3.63) is 59.8 Å². The molecule has 2 aliphatic heterocycles. The molecule has 2 unspecified atom stereocenters. The molecular formula is C28H36FN9OS. The van der Waals surface area contributed by atoms with Gasteiger partial charge in [-0.3, -0.25) is 9.69 Å². The molecule has 40 heavy (non-hydrogen) atoms. The molecule has 2 atom stereocenters. The number of likely N-dealkylation sites (N-methyl/N-ethyl adjacent to an activating group) is 1. The molecule has 10 nitrogen and oxygen atoms in total. The predicted molar refractivity (Wildman–Crippen MR) is 162 cm³/mol. The summed E-state index contributed by atoms with van der Waals surface area (Å²) in [6, 6.07) is 6.85. The lowest BCUT2D eigenvalue weighted by atomic mass is 10.0. The number of allylic oxidation sites excluding steroid dienone is 1. The topological polar surface area (TPSA) is 113 Å². The quantitative estimate of drug-likeness (QED) is 0.247. The first-order chi connectivity index (χ1) is 19.4. The molecule has 1 saturated heterocycles. The molecule has 212 valence electrons. The van der Waals surface area contributed by atoms with Gasteiger partial charge in [-0.1, -0.05) is 24.9 Å². The number of nitrogens with zero attached hydrogens (tertiary/aromatic N) is 4. The number of anilines is 3. The lowest BCUT2D eigenvalue weighted by Gasteiger charge is -2.36. The van der Waals surface area contributed by atoms with E-state index in [9.17, 15) is 9.18 Å². The lowest BCUT2D eigenvalue weighted by molar-refractivity contribution is -0.122. The van der Waals surface area contributed by atoms with Crippen LogP contribution in [0.2, 0.25) is 0 Å². The van der Waals surface area contributed by atoms with Crippen molar-refractivity contribution in [2.24, 2.45) is 4.99 Å². The number of aromatic nitrogens is 2. The highest BCUT2D eigenvalue weighted by molar-refractivity contribution is 7.99. The molecule has 2 aromatic heterocycles. The van der Waals surface area contributed by atoms with Crippen molar-refractivity contribution >= 4 is 51.7 Å². The number of hydrogen-bond acceptors (Lipinski definition) is 9. The zero-order valence-electron chi connectivity index (χ0n) is 23.2. The monoisotopic (exact) mass is 565 g/mol. The lowest BCUT2D eigenvalue weighted by Crippen LogP contribution is -2.52. The van der Waals surface area contributed by atoms with Gasteiger partial charge in [0, 0.05) is 62.0 Å². The molecule has 0 aliphatic carbocycles. The van der Waals surface area contributed by atoms with Gasteiger partial charge in [-0.15, -0.1) is 0 Å². The summed E-state index contributed by atoms with van der Waals surface area (Å²) < 4.78 is 17.9. The van der Waals surface area contributed by atoms with E-state index >= 15 is 0 Å². The molecule has 0 spiro atoms. The Morgan fingerprint density at radius 1 is 1.23 bits per heavy atom. The summed E-state index contributed by atoms with van der Waals surface area (Å²) >= 11 is 1.33. The van der Waals surface area contributed by atoms with Crippen LogP contribution >= 0.6 is 11.9 Å². The Balaban J connectivity index is 1.38. The fourth-order valence-corrected chi connectivity index (χ4v) is 5.54. The molecule has 1 fully saturated rings. The second-order valence-corrected chi connectivity index (χ2v) is 10.6. The number of aromatic amines is 1. The van der Waals surface area contributed by atoms with E-state index < -0.39 is 6.29 Å². The molecule has 4 heterocycles. The number of amides is 1. The third kappa shape index (κ3) is 5.79.